The molecule has 0 spiro atoms. The minimum atomic E-state index is -0.920. The van der Waals surface area contributed by atoms with Crippen LogP contribution in [0.3, 0.4) is 0 Å². The molecule has 0 aromatic carbocycles. The molecule has 1 saturated heterocycles. The summed E-state index contributed by atoms with van der Waals surface area (Å²) >= 11 is 0. The van der Waals surface area contributed by atoms with E-state index in [0.29, 0.717) is 6.42 Å². The zero-order chi connectivity index (χ0) is 15.6. The maximum Gasteiger partial charge on any atom is 0.345 e. The highest BCUT2D eigenvalue weighted by Crippen LogP contribution is 2.42. The van der Waals surface area contributed by atoms with Crippen molar-refractivity contribution in [3.8, 4) is 0 Å². The third-order valence-corrected chi connectivity index (χ3v) is 5.12. The van der Waals surface area contributed by atoms with Crippen molar-refractivity contribution in [2.75, 3.05) is 0 Å². The van der Waals surface area contributed by atoms with Crippen molar-refractivity contribution in [3.05, 3.63) is 0 Å². The van der Waals surface area contributed by atoms with Crippen LogP contribution in [0.5, 0.6) is 0 Å². The van der Waals surface area contributed by atoms with Gasteiger partial charge in [0.05, 0.1) is 0 Å². The number of esters is 1. The molecular formula is C16H30O4. The standard InChI is InChI=1S/C16H30O4/c1-8-11-12-16(10-3,20-19-12)13(17)18-15(6,7)14(4,5)9-2/h12H,8-11H2,1-7H3. The van der Waals surface area contributed by atoms with Gasteiger partial charge in [0.1, 0.15) is 11.7 Å². The van der Waals surface area contributed by atoms with E-state index in [0.717, 1.165) is 19.3 Å². The molecule has 118 valence electrons. The highest BCUT2D eigenvalue weighted by atomic mass is 17.3. The van der Waals surface area contributed by atoms with Gasteiger partial charge in [-0.1, -0.05) is 41.0 Å². The fourth-order valence-corrected chi connectivity index (χ4v) is 2.25. The Morgan fingerprint density at radius 1 is 1.20 bits per heavy atom. The monoisotopic (exact) mass is 286 g/mol. The average Bonchev–Trinajstić information content (AvgIpc) is 2.35. The highest BCUT2D eigenvalue weighted by Gasteiger charge is 2.58. The lowest BCUT2D eigenvalue weighted by atomic mass is 9.75. The molecule has 2 unspecified atom stereocenters. The molecule has 0 bridgehead atoms. The van der Waals surface area contributed by atoms with E-state index in [9.17, 15) is 4.79 Å². The second kappa shape index (κ2) is 6.02. The summed E-state index contributed by atoms with van der Waals surface area (Å²) in [4.78, 5) is 23.0. The van der Waals surface area contributed by atoms with E-state index in [1.165, 1.54) is 0 Å². The molecule has 1 aliphatic heterocycles. The van der Waals surface area contributed by atoms with Gasteiger partial charge in [-0.2, -0.15) is 0 Å². The molecule has 0 aromatic heterocycles. The van der Waals surface area contributed by atoms with Crippen molar-refractivity contribution in [3.63, 3.8) is 0 Å². The van der Waals surface area contributed by atoms with E-state index in [4.69, 9.17) is 14.5 Å². The van der Waals surface area contributed by atoms with Gasteiger partial charge in [-0.05, 0) is 33.1 Å². The fraction of sp³-hybridized carbons (Fsp3) is 0.938. The van der Waals surface area contributed by atoms with Crippen LogP contribution >= 0.6 is 0 Å². The molecule has 20 heavy (non-hydrogen) atoms. The quantitative estimate of drug-likeness (QED) is 0.523. The van der Waals surface area contributed by atoms with E-state index >= 15 is 0 Å². The molecule has 1 fully saturated rings. The van der Waals surface area contributed by atoms with Crippen LogP contribution < -0.4 is 0 Å². The SMILES string of the molecule is CCCC1OOC1(CC)C(=O)OC(C)(C)C(C)(C)CC. The van der Waals surface area contributed by atoms with Gasteiger partial charge in [-0.15, -0.1) is 0 Å². The molecule has 0 N–H and O–H groups in total. The number of hydrogen-bond acceptors (Lipinski definition) is 4. The summed E-state index contributed by atoms with van der Waals surface area (Å²) in [7, 11) is 0. The van der Waals surface area contributed by atoms with Crippen LogP contribution in [0.15, 0.2) is 0 Å². The zero-order valence-electron chi connectivity index (χ0n) is 14.0. The van der Waals surface area contributed by atoms with Gasteiger partial charge in [0.25, 0.3) is 0 Å². The molecule has 0 aliphatic carbocycles. The zero-order valence-corrected chi connectivity index (χ0v) is 14.0. The maximum atomic E-state index is 12.6. The van der Waals surface area contributed by atoms with Crippen molar-refractivity contribution < 1.29 is 19.3 Å². The molecule has 0 amide bonds. The van der Waals surface area contributed by atoms with Gasteiger partial charge in [0.15, 0.2) is 0 Å². The summed E-state index contributed by atoms with van der Waals surface area (Å²) in [6.07, 6.45) is 3.07. The number of hydrogen-bond donors (Lipinski definition) is 0. The lowest BCUT2D eigenvalue weighted by molar-refractivity contribution is -0.499. The van der Waals surface area contributed by atoms with Crippen molar-refractivity contribution in [1.82, 2.24) is 0 Å². The maximum absolute atomic E-state index is 12.6. The normalized spacial score (nSPS) is 27.1. The summed E-state index contributed by atoms with van der Waals surface area (Å²) < 4.78 is 5.82. The molecular weight excluding hydrogens is 256 g/mol. The van der Waals surface area contributed by atoms with E-state index < -0.39 is 11.2 Å². The van der Waals surface area contributed by atoms with Crippen molar-refractivity contribution in [1.29, 1.82) is 0 Å². The van der Waals surface area contributed by atoms with Crippen LogP contribution in [0.1, 0.15) is 74.1 Å². The molecule has 1 heterocycles. The molecule has 1 rings (SSSR count). The predicted molar refractivity (Wildman–Crippen MR) is 78.1 cm³/mol. The molecule has 0 saturated carbocycles. The molecule has 4 nitrogen and oxygen atoms in total. The Morgan fingerprint density at radius 3 is 2.15 bits per heavy atom. The number of rotatable bonds is 7. The van der Waals surface area contributed by atoms with Crippen molar-refractivity contribution in [2.45, 2.75) is 91.5 Å². The Bertz CT molecular complexity index is 344. The Kier molecular flexibility index (Phi) is 5.25. The Hall–Kier alpha value is -0.610. The lowest BCUT2D eigenvalue weighted by Crippen LogP contribution is -2.63. The van der Waals surface area contributed by atoms with E-state index in [2.05, 4.69) is 27.7 Å². The minimum absolute atomic E-state index is 0.0948. The highest BCUT2D eigenvalue weighted by molar-refractivity contribution is 5.81. The smallest absolute Gasteiger partial charge is 0.345 e. The summed E-state index contributed by atoms with van der Waals surface area (Å²) in [6, 6.07) is 0. The van der Waals surface area contributed by atoms with Gasteiger partial charge in [-0.25, -0.2) is 14.6 Å². The van der Waals surface area contributed by atoms with E-state index in [1.807, 2.05) is 20.8 Å². The Balaban J connectivity index is 2.84. The number of carbonyl (C=O) groups is 1. The summed E-state index contributed by atoms with van der Waals surface area (Å²) in [5.41, 5.74) is -1.56. The third-order valence-electron chi connectivity index (χ3n) is 5.12. The fourth-order valence-electron chi connectivity index (χ4n) is 2.25. The topological polar surface area (TPSA) is 44.8 Å². The predicted octanol–water partition coefficient (Wildman–Crippen LogP) is 4.02. The second-order valence-corrected chi connectivity index (χ2v) is 6.84. The first-order chi connectivity index (χ1) is 9.16. The number of carbonyl (C=O) groups excluding carboxylic acids is 1. The molecule has 0 aromatic rings. The molecule has 4 heteroatoms. The minimum Gasteiger partial charge on any atom is -0.457 e. The number of ether oxygens (including phenoxy) is 1. The lowest BCUT2D eigenvalue weighted by Gasteiger charge is -2.47. The van der Waals surface area contributed by atoms with E-state index in [-0.39, 0.29) is 17.5 Å². The summed E-state index contributed by atoms with van der Waals surface area (Å²) in [5, 5.41) is 0. The van der Waals surface area contributed by atoms with Crippen LogP contribution in [0, 0.1) is 5.41 Å². The Morgan fingerprint density at radius 2 is 1.80 bits per heavy atom. The second-order valence-electron chi connectivity index (χ2n) is 6.84. The van der Waals surface area contributed by atoms with Crippen molar-refractivity contribution >= 4 is 5.97 Å². The summed E-state index contributed by atoms with van der Waals surface area (Å²) in [5.74, 6) is -0.295. The summed E-state index contributed by atoms with van der Waals surface area (Å²) in [6.45, 7) is 14.3. The average molecular weight is 286 g/mol. The molecule has 2 atom stereocenters. The van der Waals surface area contributed by atoms with Gasteiger partial charge >= 0.3 is 5.97 Å². The van der Waals surface area contributed by atoms with Gasteiger partial charge < -0.3 is 4.74 Å². The third kappa shape index (κ3) is 2.86. The first-order valence-corrected chi connectivity index (χ1v) is 7.74. The van der Waals surface area contributed by atoms with Crippen LogP contribution in [-0.4, -0.2) is 23.3 Å². The Labute approximate surface area is 123 Å². The van der Waals surface area contributed by atoms with Crippen LogP contribution in [0.25, 0.3) is 0 Å². The van der Waals surface area contributed by atoms with Gasteiger partial charge in [0, 0.05) is 5.41 Å². The van der Waals surface area contributed by atoms with Crippen LogP contribution in [0.4, 0.5) is 0 Å². The first kappa shape index (κ1) is 17.4. The van der Waals surface area contributed by atoms with Crippen LogP contribution in [-0.2, 0) is 19.3 Å². The van der Waals surface area contributed by atoms with Gasteiger partial charge in [-0.3, -0.25) is 0 Å². The molecule has 1 aliphatic rings. The van der Waals surface area contributed by atoms with Crippen molar-refractivity contribution in [2.24, 2.45) is 5.41 Å². The van der Waals surface area contributed by atoms with Crippen LogP contribution in [0.2, 0.25) is 0 Å². The van der Waals surface area contributed by atoms with E-state index in [1.54, 1.807) is 0 Å². The molecule has 0 radical (unpaired) electrons. The van der Waals surface area contributed by atoms with Gasteiger partial charge in [0.2, 0.25) is 5.60 Å². The first-order valence-electron chi connectivity index (χ1n) is 7.74. The largest absolute Gasteiger partial charge is 0.457 e.